The van der Waals surface area contributed by atoms with Crippen LogP contribution in [0.4, 0.5) is 3.89 Å². The maximum absolute atomic E-state index is 12.7. The number of halogens is 1. The second kappa shape index (κ2) is 5.34. The van der Waals surface area contributed by atoms with E-state index in [1.807, 2.05) is 24.3 Å². The number of amides is 1. The summed E-state index contributed by atoms with van der Waals surface area (Å²) in [5.74, 6) is -1.21. The predicted molar refractivity (Wildman–Crippen MR) is 78.0 cm³/mol. The SMILES string of the molecule is O=C1CC(CS(=O)(=O)F)CN1Cc1nc2ccccc2s1. The number of likely N-dealkylation sites (tertiary alicyclic amines) is 1. The second-order valence-corrected chi connectivity index (χ2v) is 7.65. The van der Waals surface area contributed by atoms with Crippen LogP contribution in [-0.2, 0) is 21.6 Å². The molecular weight excluding hydrogens is 315 g/mol. The van der Waals surface area contributed by atoms with E-state index < -0.39 is 21.9 Å². The Balaban J connectivity index is 1.71. The number of fused-ring (bicyclic) bond motifs is 1. The number of aromatic nitrogens is 1. The van der Waals surface area contributed by atoms with Gasteiger partial charge in [-0.05, 0) is 12.1 Å². The minimum absolute atomic E-state index is 0.0774. The number of hydrogen-bond acceptors (Lipinski definition) is 5. The van der Waals surface area contributed by atoms with Gasteiger partial charge >= 0.3 is 10.2 Å². The van der Waals surface area contributed by atoms with E-state index in [-0.39, 0.29) is 18.9 Å². The summed E-state index contributed by atoms with van der Waals surface area (Å²) in [6, 6.07) is 7.68. The third kappa shape index (κ3) is 3.38. The number of para-hydroxylation sites is 1. The molecule has 112 valence electrons. The molecule has 0 radical (unpaired) electrons. The summed E-state index contributed by atoms with van der Waals surface area (Å²) < 4.78 is 35.1. The zero-order chi connectivity index (χ0) is 15.0. The molecule has 21 heavy (non-hydrogen) atoms. The first-order valence-electron chi connectivity index (χ1n) is 6.45. The van der Waals surface area contributed by atoms with Crippen LogP contribution < -0.4 is 0 Å². The molecule has 1 saturated heterocycles. The first kappa shape index (κ1) is 14.4. The number of benzene rings is 1. The van der Waals surface area contributed by atoms with E-state index in [2.05, 4.69) is 4.98 Å². The average Bonchev–Trinajstić information content (AvgIpc) is 2.91. The molecule has 1 aliphatic rings. The van der Waals surface area contributed by atoms with Crippen LogP contribution in [-0.4, -0.2) is 36.5 Å². The topological polar surface area (TPSA) is 67.3 Å². The summed E-state index contributed by atoms with van der Waals surface area (Å²) in [4.78, 5) is 17.9. The van der Waals surface area contributed by atoms with Crippen LogP contribution in [0.5, 0.6) is 0 Å². The first-order valence-corrected chi connectivity index (χ1v) is 8.82. The number of hydrogen-bond donors (Lipinski definition) is 0. The van der Waals surface area contributed by atoms with Crippen LogP contribution in [0.1, 0.15) is 11.4 Å². The number of carbonyl (C=O) groups excluding carboxylic acids is 1. The van der Waals surface area contributed by atoms with Gasteiger partial charge in [-0.25, -0.2) is 4.98 Å². The van der Waals surface area contributed by atoms with Crippen molar-refractivity contribution < 1.29 is 17.1 Å². The molecule has 0 spiro atoms. The molecule has 8 heteroatoms. The molecule has 0 saturated carbocycles. The van der Waals surface area contributed by atoms with Crippen LogP contribution in [0.3, 0.4) is 0 Å². The Labute approximate surface area is 125 Å². The largest absolute Gasteiger partial charge is 0.336 e. The molecule has 1 aliphatic heterocycles. The third-order valence-electron chi connectivity index (χ3n) is 3.39. The molecule has 0 N–H and O–H groups in total. The van der Waals surface area contributed by atoms with Gasteiger partial charge in [-0.15, -0.1) is 15.2 Å². The Morgan fingerprint density at radius 2 is 2.14 bits per heavy atom. The second-order valence-electron chi connectivity index (χ2n) is 5.13. The summed E-state index contributed by atoms with van der Waals surface area (Å²) in [6.07, 6.45) is 0.0774. The van der Waals surface area contributed by atoms with Crippen molar-refractivity contribution in [2.24, 2.45) is 5.92 Å². The highest BCUT2D eigenvalue weighted by atomic mass is 32.3. The molecule has 2 aromatic rings. The Morgan fingerprint density at radius 3 is 2.86 bits per heavy atom. The molecule has 1 amide bonds. The number of carbonyl (C=O) groups is 1. The lowest BCUT2D eigenvalue weighted by Crippen LogP contribution is -2.25. The van der Waals surface area contributed by atoms with Gasteiger partial charge in [0.15, 0.2) is 0 Å². The quantitative estimate of drug-likeness (QED) is 0.805. The fourth-order valence-corrected chi connectivity index (χ4v) is 4.32. The lowest BCUT2D eigenvalue weighted by atomic mass is 10.1. The van der Waals surface area contributed by atoms with Gasteiger partial charge in [-0.1, -0.05) is 12.1 Å². The van der Waals surface area contributed by atoms with Crippen molar-refractivity contribution in [2.45, 2.75) is 13.0 Å². The summed E-state index contributed by atoms with van der Waals surface area (Å²) in [7, 11) is -4.54. The first-order chi connectivity index (χ1) is 9.90. The van der Waals surface area contributed by atoms with E-state index in [0.717, 1.165) is 15.2 Å². The maximum atomic E-state index is 12.7. The van der Waals surface area contributed by atoms with E-state index in [1.165, 1.54) is 11.3 Å². The van der Waals surface area contributed by atoms with E-state index in [9.17, 15) is 17.1 Å². The highest BCUT2D eigenvalue weighted by molar-refractivity contribution is 7.86. The van der Waals surface area contributed by atoms with Crippen LogP contribution in [0.15, 0.2) is 24.3 Å². The summed E-state index contributed by atoms with van der Waals surface area (Å²) >= 11 is 1.50. The predicted octanol–water partition coefficient (Wildman–Crippen LogP) is 1.94. The Bertz CT molecular complexity index is 755. The minimum Gasteiger partial charge on any atom is -0.336 e. The van der Waals surface area contributed by atoms with Gasteiger partial charge in [0.1, 0.15) is 5.01 Å². The van der Waals surface area contributed by atoms with Crippen molar-refractivity contribution in [3.8, 4) is 0 Å². The summed E-state index contributed by atoms with van der Waals surface area (Å²) in [5.41, 5.74) is 0.882. The molecule has 1 aromatic carbocycles. The minimum atomic E-state index is -4.54. The molecule has 3 rings (SSSR count). The molecule has 5 nitrogen and oxygen atoms in total. The van der Waals surface area contributed by atoms with Gasteiger partial charge in [0.05, 0.1) is 22.5 Å². The molecule has 0 aliphatic carbocycles. The Morgan fingerprint density at radius 1 is 1.38 bits per heavy atom. The highest BCUT2D eigenvalue weighted by Crippen LogP contribution is 2.26. The lowest BCUT2D eigenvalue weighted by molar-refractivity contribution is -0.128. The normalized spacial score (nSPS) is 19.6. The smallest absolute Gasteiger partial charge is 0.302 e. The van der Waals surface area contributed by atoms with Crippen LogP contribution in [0.2, 0.25) is 0 Å². The fourth-order valence-electron chi connectivity index (χ4n) is 2.55. The van der Waals surface area contributed by atoms with Crippen molar-refractivity contribution in [3.63, 3.8) is 0 Å². The van der Waals surface area contributed by atoms with Crippen molar-refractivity contribution >= 4 is 37.7 Å². The molecule has 2 heterocycles. The molecule has 1 aromatic heterocycles. The van der Waals surface area contributed by atoms with Gasteiger partial charge in [0.25, 0.3) is 0 Å². The maximum Gasteiger partial charge on any atom is 0.302 e. The van der Waals surface area contributed by atoms with E-state index in [1.54, 1.807) is 4.90 Å². The monoisotopic (exact) mass is 328 g/mol. The molecular formula is C13H13FN2O3S2. The van der Waals surface area contributed by atoms with Gasteiger partial charge in [-0.2, -0.15) is 8.42 Å². The zero-order valence-electron chi connectivity index (χ0n) is 11.0. The number of nitrogens with zero attached hydrogens (tertiary/aromatic N) is 2. The Hall–Kier alpha value is -1.54. The Kier molecular flexibility index (Phi) is 3.66. The molecule has 1 atom stereocenters. The van der Waals surface area contributed by atoms with Crippen molar-refractivity contribution in [1.82, 2.24) is 9.88 Å². The summed E-state index contributed by atoms with van der Waals surface area (Å²) in [6.45, 7) is 0.610. The zero-order valence-corrected chi connectivity index (χ0v) is 12.7. The van der Waals surface area contributed by atoms with Crippen molar-refractivity contribution in [3.05, 3.63) is 29.3 Å². The lowest BCUT2D eigenvalue weighted by Gasteiger charge is -2.14. The van der Waals surface area contributed by atoms with Crippen molar-refractivity contribution in [2.75, 3.05) is 12.3 Å². The third-order valence-corrected chi connectivity index (χ3v) is 5.28. The van der Waals surface area contributed by atoms with Gasteiger partial charge in [0.2, 0.25) is 5.91 Å². The molecule has 1 fully saturated rings. The van der Waals surface area contributed by atoms with E-state index in [4.69, 9.17) is 0 Å². The highest BCUT2D eigenvalue weighted by Gasteiger charge is 2.33. The summed E-state index contributed by atoms with van der Waals surface area (Å²) in [5, 5.41) is 0.799. The van der Waals surface area contributed by atoms with Gasteiger partial charge < -0.3 is 4.90 Å². The van der Waals surface area contributed by atoms with Gasteiger partial charge in [0, 0.05) is 18.9 Å². The van der Waals surface area contributed by atoms with Crippen LogP contribution in [0, 0.1) is 5.92 Å². The van der Waals surface area contributed by atoms with Crippen LogP contribution >= 0.6 is 11.3 Å². The number of thiazole rings is 1. The molecule has 1 unspecified atom stereocenters. The van der Waals surface area contributed by atoms with Crippen molar-refractivity contribution in [1.29, 1.82) is 0 Å². The van der Waals surface area contributed by atoms with E-state index >= 15 is 0 Å². The fraction of sp³-hybridized carbons (Fsp3) is 0.385. The van der Waals surface area contributed by atoms with E-state index in [0.29, 0.717) is 6.54 Å². The van der Waals surface area contributed by atoms with Crippen LogP contribution in [0.25, 0.3) is 10.2 Å². The number of rotatable bonds is 4. The van der Waals surface area contributed by atoms with Gasteiger partial charge in [-0.3, -0.25) is 4.79 Å². The standard InChI is InChI=1S/C13H13FN2O3S2/c14-21(18,19)8-9-5-13(17)16(6-9)7-12-15-10-3-1-2-4-11(10)20-12/h1-4,9H,5-8H2. The average molecular weight is 328 g/mol. The molecule has 0 bridgehead atoms.